The van der Waals surface area contributed by atoms with E-state index in [1.807, 2.05) is 0 Å². The Morgan fingerprint density at radius 1 is 1.07 bits per heavy atom. The summed E-state index contributed by atoms with van der Waals surface area (Å²) in [4.78, 5) is 16.0. The maximum absolute atomic E-state index is 12.9. The van der Waals surface area contributed by atoms with Crippen LogP contribution in [0.2, 0.25) is 0 Å². The van der Waals surface area contributed by atoms with Crippen molar-refractivity contribution >= 4 is 28.7 Å². The first kappa shape index (κ1) is 19.5. The molecule has 7 nitrogen and oxygen atoms in total. The highest BCUT2D eigenvalue weighted by Gasteiger charge is 2.34. The maximum atomic E-state index is 12.9. The van der Waals surface area contributed by atoms with Crippen LogP contribution in [0.15, 0.2) is 54.9 Å². The summed E-state index contributed by atoms with van der Waals surface area (Å²) in [6, 6.07) is 11.6. The smallest absolute Gasteiger partial charge is 0.341 e. The summed E-state index contributed by atoms with van der Waals surface area (Å²) in [5, 5.41) is 9.91. The molecule has 0 bridgehead atoms. The number of amides is 1. The highest BCUT2D eigenvalue weighted by molar-refractivity contribution is 6.04. The molecule has 0 unspecified atom stereocenters. The third kappa shape index (κ3) is 3.71. The lowest BCUT2D eigenvalue weighted by molar-refractivity contribution is -0.140. The standard InChI is InChI=1S/C20H17F3N6O/c1-12-15(10-24-28(12)2)19(30)26-14-8-6-13(7-9-14)25-17-4-3-5-18-27-16(11-29(17)18)20(21,22)23/h3-11,25H,1-2H3,(H,26,30). The SMILES string of the molecule is Cc1c(C(=O)Nc2ccc(Nc3cccc4nc(C(F)(F)F)cn34)cc2)cnn1C. The number of hydrogen-bond acceptors (Lipinski definition) is 4. The van der Waals surface area contributed by atoms with Crippen molar-refractivity contribution in [2.45, 2.75) is 13.1 Å². The summed E-state index contributed by atoms with van der Waals surface area (Å²) in [7, 11) is 1.76. The number of imidazole rings is 1. The molecule has 0 fully saturated rings. The van der Waals surface area contributed by atoms with Gasteiger partial charge < -0.3 is 10.6 Å². The number of nitrogens with zero attached hydrogens (tertiary/aromatic N) is 4. The van der Waals surface area contributed by atoms with E-state index >= 15 is 0 Å². The van der Waals surface area contributed by atoms with Crippen LogP contribution in [0.1, 0.15) is 21.7 Å². The van der Waals surface area contributed by atoms with Gasteiger partial charge in [-0.05, 0) is 43.3 Å². The lowest BCUT2D eigenvalue weighted by atomic mass is 10.2. The van der Waals surface area contributed by atoms with E-state index in [0.717, 1.165) is 11.9 Å². The van der Waals surface area contributed by atoms with Crippen molar-refractivity contribution in [1.82, 2.24) is 19.2 Å². The Hall–Kier alpha value is -3.82. The molecule has 0 aliphatic carbocycles. The lowest BCUT2D eigenvalue weighted by Crippen LogP contribution is -2.12. The van der Waals surface area contributed by atoms with Crippen molar-refractivity contribution < 1.29 is 18.0 Å². The van der Waals surface area contributed by atoms with Crippen molar-refractivity contribution in [3.05, 3.63) is 71.8 Å². The second kappa shape index (κ2) is 7.21. The summed E-state index contributed by atoms with van der Waals surface area (Å²) in [5.74, 6) is 0.155. The summed E-state index contributed by atoms with van der Waals surface area (Å²) < 4.78 is 41.8. The Balaban J connectivity index is 1.52. The minimum atomic E-state index is -4.52. The molecular weight excluding hydrogens is 397 g/mol. The van der Waals surface area contributed by atoms with Gasteiger partial charge in [0.2, 0.25) is 0 Å². The number of aromatic nitrogens is 4. The van der Waals surface area contributed by atoms with Gasteiger partial charge in [-0.2, -0.15) is 18.3 Å². The minimum absolute atomic E-state index is 0.183. The summed E-state index contributed by atoms with van der Waals surface area (Å²) in [6.45, 7) is 1.80. The third-order valence-electron chi connectivity index (χ3n) is 4.68. The molecular formula is C20H17F3N6O. The number of rotatable bonds is 4. The number of nitrogens with one attached hydrogen (secondary N) is 2. The van der Waals surface area contributed by atoms with Crippen LogP contribution in [-0.4, -0.2) is 25.1 Å². The first-order valence-corrected chi connectivity index (χ1v) is 8.95. The van der Waals surface area contributed by atoms with Gasteiger partial charge in [0, 0.05) is 30.3 Å². The van der Waals surface area contributed by atoms with Gasteiger partial charge in [0.25, 0.3) is 5.91 Å². The van der Waals surface area contributed by atoms with Crippen LogP contribution >= 0.6 is 0 Å². The fourth-order valence-electron chi connectivity index (χ4n) is 2.95. The van der Waals surface area contributed by atoms with Gasteiger partial charge in [0.05, 0.1) is 11.8 Å². The molecule has 3 heterocycles. The van der Waals surface area contributed by atoms with Gasteiger partial charge in [-0.15, -0.1) is 0 Å². The molecule has 0 aliphatic rings. The van der Waals surface area contributed by atoms with Crippen molar-refractivity contribution in [1.29, 1.82) is 0 Å². The number of anilines is 3. The number of hydrogen-bond donors (Lipinski definition) is 2. The van der Waals surface area contributed by atoms with Crippen LogP contribution < -0.4 is 10.6 Å². The quantitative estimate of drug-likeness (QED) is 0.519. The van der Waals surface area contributed by atoms with E-state index in [4.69, 9.17) is 0 Å². The molecule has 10 heteroatoms. The van der Waals surface area contributed by atoms with Crippen molar-refractivity contribution in [2.75, 3.05) is 10.6 Å². The van der Waals surface area contributed by atoms with Gasteiger partial charge in [0.1, 0.15) is 11.5 Å². The topological polar surface area (TPSA) is 76.2 Å². The second-order valence-electron chi connectivity index (χ2n) is 6.69. The van der Waals surface area contributed by atoms with Gasteiger partial charge in [-0.1, -0.05) is 6.07 Å². The van der Waals surface area contributed by atoms with Crippen LogP contribution in [0, 0.1) is 6.92 Å². The predicted octanol–water partition coefficient (Wildman–Crippen LogP) is 4.39. The van der Waals surface area contributed by atoms with Crippen LogP contribution in [0.3, 0.4) is 0 Å². The number of halogens is 3. The van der Waals surface area contributed by atoms with Gasteiger partial charge in [-0.3, -0.25) is 13.9 Å². The Labute approximate surface area is 169 Å². The summed E-state index contributed by atoms with van der Waals surface area (Å²) in [5.41, 5.74) is 1.67. The molecule has 1 amide bonds. The van der Waals surface area contributed by atoms with Gasteiger partial charge in [0.15, 0.2) is 5.69 Å². The average molecular weight is 414 g/mol. The molecule has 3 aromatic heterocycles. The molecule has 0 saturated heterocycles. The molecule has 0 saturated carbocycles. The minimum Gasteiger partial charge on any atom is -0.341 e. The van der Waals surface area contributed by atoms with E-state index in [2.05, 4.69) is 20.7 Å². The highest BCUT2D eigenvalue weighted by atomic mass is 19.4. The van der Waals surface area contributed by atoms with Crippen molar-refractivity contribution in [2.24, 2.45) is 7.05 Å². The molecule has 0 atom stereocenters. The van der Waals surface area contributed by atoms with Crippen molar-refractivity contribution in [3.8, 4) is 0 Å². The Kier molecular flexibility index (Phi) is 4.69. The Morgan fingerprint density at radius 3 is 2.40 bits per heavy atom. The molecule has 2 N–H and O–H groups in total. The zero-order valence-corrected chi connectivity index (χ0v) is 16.0. The fraction of sp³-hybridized carbons (Fsp3) is 0.150. The third-order valence-corrected chi connectivity index (χ3v) is 4.68. The molecule has 4 aromatic rings. The maximum Gasteiger partial charge on any atom is 0.434 e. The van der Waals surface area contributed by atoms with Crippen LogP contribution in [0.25, 0.3) is 5.65 Å². The molecule has 30 heavy (non-hydrogen) atoms. The molecule has 0 spiro atoms. The van der Waals surface area contributed by atoms with E-state index in [1.165, 1.54) is 16.7 Å². The molecule has 4 rings (SSSR count). The molecule has 154 valence electrons. The Morgan fingerprint density at radius 2 is 1.77 bits per heavy atom. The average Bonchev–Trinajstić information content (AvgIpc) is 3.28. The number of carbonyl (C=O) groups is 1. The highest BCUT2D eigenvalue weighted by Crippen LogP contribution is 2.30. The van der Waals surface area contributed by atoms with E-state index in [9.17, 15) is 18.0 Å². The van der Waals surface area contributed by atoms with E-state index in [0.29, 0.717) is 22.8 Å². The predicted molar refractivity (Wildman–Crippen MR) is 106 cm³/mol. The molecule has 1 aromatic carbocycles. The molecule has 0 aliphatic heterocycles. The first-order valence-electron chi connectivity index (χ1n) is 8.95. The number of benzene rings is 1. The number of carbonyl (C=O) groups excluding carboxylic acids is 1. The fourth-order valence-corrected chi connectivity index (χ4v) is 2.95. The van der Waals surface area contributed by atoms with E-state index in [-0.39, 0.29) is 11.6 Å². The number of fused-ring (bicyclic) bond motifs is 1. The summed E-state index contributed by atoms with van der Waals surface area (Å²) in [6.07, 6.45) is -2.07. The monoisotopic (exact) mass is 414 g/mol. The number of aryl methyl sites for hydroxylation is 1. The lowest BCUT2D eigenvalue weighted by Gasteiger charge is -2.10. The molecule has 0 radical (unpaired) electrons. The van der Waals surface area contributed by atoms with Crippen LogP contribution in [0.4, 0.5) is 30.4 Å². The van der Waals surface area contributed by atoms with Gasteiger partial charge in [-0.25, -0.2) is 4.98 Å². The number of pyridine rings is 1. The summed E-state index contributed by atoms with van der Waals surface area (Å²) >= 11 is 0. The normalized spacial score (nSPS) is 11.6. The second-order valence-corrected chi connectivity index (χ2v) is 6.69. The zero-order valence-electron chi connectivity index (χ0n) is 16.0. The Bertz CT molecular complexity index is 1220. The van der Waals surface area contributed by atoms with Crippen molar-refractivity contribution in [3.63, 3.8) is 0 Å². The number of alkyl halides is 3. The van der Waals surface area contributed by atoms with Gasteiger partial charge >= 0.3 is 6.18 Å². The van der Waals surface area contributed by atoms with E-state index in [1.54, 1.807) is 55.1 Å². The van der Waals surface area contributed by atoms with Crippen LogP contribution in [0.5, 0.6) is 0 Å². The zero-order chi connectivity index (χ0) is 21.5. The first-order chi connectivity index (χ1) is 14.2. The largest absolute Gasteiger partial charge is 0.434 e. The van der Waals surface area contributed by atoms with Crippen LogP contribution in [-0.2, 0) is 13.2 Å². The van der Waals surface area contributed by atoms with E-state index < -0.39 is 11.9 Å².